The lowest BCUT2D eigenvalue weighted by Crippen LogP contribution is -2.03. The molecule has 0 atom stereocenters. The monoisotopic (exact) mass is 219 g/mol. The van der Waals surface area contributed by atoms with Crippen LogP contribution in [0.15, 0.2) is 36.9 Å². The molecule has 0 bridgehead atoms. The van der Waals surface area contributed by atoms with Gasteiger partial charge >= 0.3 is 5.97 Å². The Morgan fingerprint density at radius 2 is 2.33 bits per heavy atom. The van der Waals surface area contributed by atoms with Crippen molar-refractivity contribution in [2.24, 2.45) is 0 Å². The molecule has 1 aromatic heterocycles. The summed E-state index contributed by atoms with van der Waals surface area (Å²) in [6.45, 7) is 3.69. The van der Waals surface area contributed by atoms with Crippen LogP contribution < -0.4 is 0 Å². The third-order valence-electron chi connectivity index (χ3n) is 1.80. The molecule has 2 rings (SSSR count). The number of fused-ring (bicyclic) bond motifs is 1. The lowest BCUT2D eigenvalue weighted by Gasteiger charge is -1.95. The summed E-state index contributed by atoms with van der Waals surface area (Å²) < 4.78 is 5.89. The van der Waals surface area contributed by atoms with Crippen LogP contribution in [0.5, 0.6) is 0 Å². The third kappa shape index (κ3) is 2.05. The van der Waals surface area contributed by atoms with E-state index in [2.05, 4.69) is 11.6 Å². The summed E-state index contributed by atoms with van der Waals surface area (Å²) in [7, 11) is 0. The molecular formula is C11H9NO2S. The fraction of sp³-hybridized carbons (Fsp3) is 0.0909. The van der Waals surface area contributed by atoms with Crippen molar-refractivity contribution in [2.75, 3.05) is 6.61 Å². The van der Waals surface area contributed by atoms with Gasteiger partial charge in [-0.2, -0.15) is 0 Å². The highest BCUT2D eigenvalue weighted by Gasteiger charge is 2.12. The van der Waals surface area contributed by atoms with E-state index in [0.29, 0.717) is 5.01 Å². The predicted molar refractivity (Wildman–Crippen MR) is 60.1 cm³/mol. The summed E-state index contributed by atoms with van der Waals surface area (Å²) in [4.78, 5) is 15.6. The first-order chi connectivity index (χ1) is 7.31. The number of hydrogen-bond donors (Lipinski definition) is 0. The van der Waals surface area contributed by atoms with Crippen molar-refractivity contribution in [2.45, 2.75) is 0 Å². The molecule has 0 spiro atoms. The zero-order chi connectivity index (χ0) is 10.7. The predicted octanol–water partition coefficient (Wildman–Crippen LogP) is 2.64. The van der Waals surface area contributed by atoms with Gasteiger partial charge in [0.25, 0.3) is 0 Å². The first-order valence-corrected chi connectivity index (χ1v) is 5.26. The Labute approximate surface area is 91.0 Å². The molecule has 0 radical (unpaired) electrons. The number of benzene rings is 1. The minimum Gasteiger partial charge on any atom is -0.456 e. The van der Waals surface area contributed by atoms with Gasteiger partial charge in [0.2, 0.25) is 5.01 Å². The van der Waals surface area contributed by atoms with Gasteiger partial charge in [-0.15, -0.1) is 11.3 Å². The summed E-state index contributed by atoms with van der Waals surface area (Å²) in [5, 5.41) is 0.387. The molecule has 0 aliphatic rings. The molecule has 1 heterocycles. The fourth-order valence-electron chi connectivity index (χ4n) is 1.16. The van der Waals surface area contributed by atoms with Gasteiger partial charge in [-0.25, -0.2) is 9.78 Å². The highest BCUT2D eigenvalue weighted by atomic mass is 32.1. The van der Waals surface area contributed by atoms with Crippen molar-refractivity contribution in [3.8, 4) is 0 Å². The summed E-state index contributed by atoms with van der Waals surface area (Å²) in [6, 6.07) is 7.60. The van der Waals surface area contributed by atoms with E-state index in [9.17, 15) is 4.79 Å². The molecule has 0 aliphatic heterocycles. The van der Waals surface area contributed by atoms with E-state index in [1.165, 1.54) is 17.4 Å². The van der Waals surface area contributed by atoms with Crippen LogP contribution in [0.4, 0.5) is 0 Å². The van der Waals surface area contributed by atoms with Gasteiger partial charge in [0, 0.05) is 0 Å². The van der Waals surface area contributed by atoms with Crippen molar-refractivity contribution in [1.82, 2.24) is 4.98 Å². The number of para-hydroxylation sites is 1. The van der Waals surface area contributed by atoms with Crippen LogP contribution >= 0.6 is 11.3 Å². The Bertz CT molecular complexity index is 471. The van der Waals surface area contributed by atoms with E-state index in [-0.39, 0.29) is 6.61 Å². The van der Waals surface area contributed by atoms with E-state index < -0.39 is 5.97 Å². The molecule has 1 aromatic carbocycles. The number of rotatable bonds is 3. The van der Waals surface area contributed by atoms with Crippen molar-refractivity contribution < 1.29 is 9.53 Å². The Kier molecular flexibility index (Phi) is 2.78. The van der Waals surface area contributed by atoms with Crippen molar-refractivity contribution in [1.29, 1.82) is 0 Å². The maximum absolute atomic E-state index is 11.5. The van der Waals surface area contributed by atoms with Crippen LogP contribution in [-0.4, -0.2) is 17.6 Å². The highest BCUT2D eigenvalue weighted by molar-refractivity contribution is 7.20. The lowest BCUT2D eigenvalue weighted by atomic mass is 10.3. The SMILES string of the molecule is C=CCOC(=O)c1nc2ccccc2s1. The zero-order valence-electron chi connectivity index (χ0n) is 7.97. The van der Waals surface area contributed by atoms with Gasteiger partial charge < -0.3 is 4.74 Å². The van der Waals surface area contributed by atoms with Gasteiger partial charge in [-0.3, -0.25) is 0 Å². The lowest BCUT2D eigenvalue weighted by molar-refractivity contribution is 0.0549. The summed E-state index contributed by atoms with van der Waals surface area (Å²) >= 11 is 1.34. The van der Waals surface area contributed by atoms with Crippen molar-refractivity contribution in [3.63, 3.8) is 0 Å². The molecule has 2 aromatic rings. The second kappa shape index (κ2) is 4.23. The number of carbonyl (C=O) groups is 1. The normalized spacial score (nSPS) is 10.1. The number of hydrogen-bond acceptors (Lipinski definition) is 4. The van der Waals surface area contributed by atoms with Crippen LogP contribution in [0.2, 0.25) is 0 Å². The second-order valence-electron chi connectivity index (χ2n) is 2.87. The fourth-order valence-corrected chi connectivity index (χ4v) is 2.02. The van der Waals surface area contributed by atoms with E-state index in [1.807, 2.05) is 24.3 Å². The van der Waals surface area contributed by atoms with Crippen LogP contribution in [0.3, 0.4) is 0 Å². The number of aromatic nitrogens is 1. The molecule has 0 saturated carbocycles. The Morgan fingerprint density at radius 3 is 3.07 bits per heavy atom. The van der Waals surface area contributed by atoms with Gasteiger partial charge in [-0.05, 0) is 12.1 Å². The summed E-state index contributed by atoms with van der Waals surface area (Å²) in [5.74, 6) is -0.392. The molecule has 3 nitrogen and oxygen atoms in total. The molecule has 0 unspecified atom stereocenters. The zero-order valence-corrected chi connectivity index (χ0v) is 8.79. The van der Waals surface area contributed by atoms with Gasteiger partial charge in [0.05, 0.1) is 10.2 Å². The third-order valence-corrected chi connectivity index (χ3v) is 2.82. The highest BCUT2D eigenvalue weighted by Crippen LogP contribution is 2.21. The minimum absolute atomic E-state index is 0.217. The van der Waals surface area contributed by atoms with Gasteiger partial charge in [0.15, 0.2) is 0 Å². The molecular weight excluding hydrogens is 210 g/mol. The molecule has 15 heavy (non-hydrogen) atoms. The minimum atomic E-state index is -0.392. The van der Waals surface area contributed by atoms with E-state index in [4.69, 9.17) is 4.74 Å². The molecule has 0 amide bonds. The molecule has 0 N–H and O–H groups in total. The maximum Gasteiger partial charge on any atom is 0.367 e. The topological polar surface area (TPSA) is 39.2 Å². The largest absolute Gasteiger partial charge is 0.456 e. The molecule has 0 aliphatic carbocycles. The first kappa shape index (κ1) is 9.86. The van der Waals surface area contributed by atoms with Crippen molar-refractivity contribution >= 4 is 27.5 Å². The number of nitrogens with zero attached hydrogens (tertiary/aromatic N) is 1. The van der Waals surface area contributed by atoms with Crippen molar-refractivity contribution in [3.05, 3.63) is 41.9 Å². The summed E-state index contributed by atoms with van der Waals surface area (Å²) in [6.07, 6.45) is 1.53. The number of esters is 1. The number of thiazole rings is 1. The Hall–Kier alpha value is -1.68. The maximum atomic E-state index is 11.5. The Balaban J connectivity index is 2.28. The average molecular weight is 219 g/mol. The molecule has 76 valence electrons. The van der Waals surface area contributed by atoms with E-state index in [1.54, 1.807) is 0 Å². The number of carbonyl (C=O) groups excluding carboxylic acids is 1. The van der Waals surface area contributed by atoms with Crippen LogP contribution in [0.1, 0.15) is 9.80 Å². The molecule has 0 saturated heterocycles. The van der Waals surface area contributed by atoms with Gasteiger partial charge in [-0.1, -0.05) is 24.8 Å². The van der Waals surface area contributed by atoms with E-state index >= 15 is 0 Å². The smallest absolute Gasteiger partial charge is 0.367 e. The molecule has 4 heteroatoms. The van der Waals surface area contributed by atoms with Crippen LogP contribution in [-0.2, 0) is 4.74 Å². The van der Waals surface area contributed by atoms with Crippen LogP contribution in [0.25, 0.3) is 10.2 Å². The van der Waals surface area contributed by atoms with E-state index in [0.717, 1.165) is 10.2 Å². The summed E-state index contributed by atoms with van der Waals surface area (Å²) in [5.41, 5.74) is 0.827. The average Bonchev–Trinajstić information content (AvgIpc) is 2.69. The van der Waals surface area contributed by atoms with Crippen LogP contribution in [0, 0.1) is 0 Å². The first-order valence-electron chi connectivity index (χ1n) is 4.45. The number of ether oxygens (including phenoxy) is 1. The standard InChI is InChI=1S/C11H9NO2S/c1-2-7-14-11(13)10-12-8-5-3-4-6-9(8)15-10/h2-6H,1,7H2. The quantitative estimate of drug-likeness (QED) is 0.588. The molecule has 0 fully saturated rings. The second-order valence-corrected chi connectivity index (χ2v) is 3.90. The van der Waals surface area contributed by atoms with Gasteiger partial charge in [0.1, 0.15) is 6.61 Å². The Morgan fingerprint density at radius 1 is 1.53 bits per heavy atom.